The molecule has 4 heteroatoms. The lowest BCUT2D eigenvalue weighted by atomic mass is 9.99. The van der Waals surface area contributed by atoms with Crippen molar-refractivity contribution in [2.75, 3.05) is 0 Å². The number of carbonyl (C=O) groups is 2. The summed E-state index contributed by atoms with van der Waals surface area (Å²) in [4.78, 5) is 24.0. The van der Waals surface area contributed by atoms with Crippen LogP contribution in [0.1, 0.15) is 39.9 Å². The zero-order chi connectivity index (χ0) is 16.8. The van der Waals surface area contributed by atoms with E-state index < -0.39 is 0 Å². The Labute approximate surface area is 135 Å². The molecule has 2 rings (SSSR count). The van der Waals surface area contributed by atoms with Crippen LogP contribution in [0.2, 0.25) is 0 Å². The van der Waals surface area contributed by atoms with Crippen molar-refractivity contribution in [1.82, 2.24) is 5.32 Å². The van der Waals surface area contributed by atoms with Crippen molar-refractivity contribution < 1.29 is 14.0 Å². The van der Waals surface area contributed by atoms with Gasteiger partial charge in [-0.2, -0.15) is 0 Å². The average molecular weight is 313 g/mol. The Morgan fingerprint density at radius 2 is 1.78 bits per heavy atom. The van der Waals surface area contributed by atoms with E-state index in [-0.39, 0.29) is 36.9 Å². The van der Waals surface area contributed by atoms with Crippen molar-refractivity contribution >= 4 is 11.7 Å². The van der Waals surface area contributed by atoms with Crippen LogP contribution in [0.25, 0.3) is 0 Å². The lowest BCUT2D eigenvalue weighted by molar-refractivity contribution is -0.121. The molecule has 3 nitrogen and oxygen atoms in total. The molecule has 1 amide bonds. The molecule has 0 bridgehead atoms. The van der Waals surface area contributed by atoms with Crippen LogP contribution in [-0.4, -0.2) is 11.7 Å². The Morgan fingerprint density at radius 1 is 1.04 bits per heavy atom. The van der Waals surface area contributed by atoms with E-state index in [1.165, 1.54) is 6.07 Å². The molecule has 0 unspecified atom stereocenters. The number of hydrogen-bond acceptors (Lipinski definition) is 2. The number of aryl methyl sites for hydroxylation is 2. The van der Waals surface area contributed by atoms with E-state index in [0.29, 0.717) is 11.1 Å². The molecule has 0 aliphatic heterocycles. The Hall–Kier alpha value is -2.49. The van der Waals surface area contributed by atoms with Gasteiger partial charge in [-0.25, -0.2) is 4.39 Å². The summed E-state index contributed by atoms with van der Waals surface area (Å²) in [5.74, 6) is -0.654. The molecule has 0 atom stereocenters. The van der Waals surface area contributed by atoms with Gasteiger partial charge in [0.1, 0.15) is 5.82 Å². The Kier molecular flexibility index (Phi) is 5.63. The number of Topliss-reactive ketones (excluding diaryl/α,β-unsaturated/α-hetero) is 1. The fourth-order valence-electron chi connectivity index (χ4n) is 2.32. The molecule has 2 aromatic carbocycles. The molecule has 0 aliphatic rings. The van der Waals surface area contributed by atoms with Crippen LogP contribution < -0.4 is 5.32 Å². The highest BCUT2D eigenvalue weighted by atomic mass is 19.1. The lowest BCUT2D eigenvalue weighted by Gasteiger charge is -2.08. The third-order valence-corrected chi connectivity index (χ3v) is 3.71. The summed E-state index contributed by atoms with van der Waals surface area (Å²) in [6.45, 7) is 3.94. The molecule has 0 saturated heterocycles. The maximum atomic E-state index is 13.5. The molecule has 0 heterocycles. The molecular formula is C19H20FNO2. The third-order valence-electron chi connectivity index (χ3n) is 3.71. The van der Waals surface area contributed by atoms with Gasteiger partial charge in [-0.1, -0.05) is 35.9 Å². The molecule has 23 heavy (non-hydrogen) atoms. The largest absolute Gasteiger partial charge is 0.352 e. The molecule has 0 aliphatic carbocycles. The van der Waals surface area contributed by atoms with Crippen LogP contribution in [-0.2, 0) is 11.3 Å². The minimum Gasteiger partial charge on any atom is -0.352 e. The van der Waals surface area contributed by atoms with Gasteiger partial charge in [0.25, 0.3) is 0 Å². The molecule has 0 aromatic heterocycles. The number of ketones is 1. The maximum absolute atomic E-state index is 13.5. The molecule has 2 aromatic rings. The molecule has 1 N–H and O–H groups in total. The standard InChI is InChI=1S/C19H20FNO2/c1-13-7-8-14(2)16(11-13)18(22)9-10-19(23)21-12-15-5-3-4-6-17(15)20/h3-8,11H,9-10,12H2,1-2H3,(H,21,23). The van der Waals surface area contributed by atoms with Gasteiger partial charge in [0.05, 0.1) is 0 Å². The number of carbonyl (C=O) groups excluding carboxylic acids is 2. The zero-order valence-corrected chi connectivity index (χ0v) is 13.4. The normalized spacial score (nSPS) is 10.4. The average Bonchev–Trinajstić information content (AvgIpc) is 2.54. The predicted molar refractivity (Wildman–Crippen MR) is 87.7 cm³/mol. The first-order valence-corrected chi connectivity index (χ1v) is 7.58. The van der Waals surface area contributed by atoms with Crippen molar-refractivity contribution in [2.24, 2.45) is 0 Å². The van der Waals surface area contributed by atoms with E-state index in [0.717, 1.165) is 11.1 Å². The summed E-state index contributed by atoms with van der Waals surface area (Å²) < 4.78 is 13.5. The Balaban J connectivity index is 1.86. The lowest BCUT2D eigenvalue weighted by Crippen LogP contribution is -2.23. The number of rotatable bonds is 6. The smallest absolute Gasteiger partial charge is 0.220 e. The van der Waals surface area contributed by atoms with Gasteiger partial charge in [0, 0.05) is 30.5 Å². The van der Waals surface area contributed by atoms with Crippen molar-refractivity contribution in [1.29, 1.82) is 0 Å². The third kappa shape index (κ3) is 4.74. The first-order valence-electron chi connectivity index (χ1n) is 7.58. The summed E-state index contributed by atoms with van der Waals surface area (Å²) in [5, 5.41) is 2.64. The van der Waals surface area contributed by atoms with E-state index in [2.05, 4.69) is 5.32 Å². The van der Waals surface area contributed by atoms with Crippen LogP contribution in [0.4, 0.5) is 4.39 Å². The Bertz CT molecular complexity index is 725. The molecule has 0 spiro atoms. The van der Waals surface area contributed by atoms with Crippen molar-refractivity contribution in [3.05, 3.63) is 70.5 Å². The Morgan fingerprint density at radius 3 is 2.52 bits per heavy atom. The zero-order valence-electron chi connectivity index (χ0n) is 13.4. The second-order valence-corrected chi connectivity index (χ2v) is 5.61. The van der Waals surface area contributed by atoms with Gasteiger partial charge in [-0.05, 0) is 31.5 Å². The maximum Gasteiger partial charge on any atom is 0.220 e. The van der Waals surface area contributed by atoms with Gasteiger partial charge in [0.15, 0.2) is 5.78 Å². The van der Waals surface area contributed by atoms with Gasteiger partial charge < -0.3 is 5.32 Å². The fourth-order valence-corrected chi connectivity index (χ4v) is 2.32. The number of hydrogen-bond donors (Lipinski definition) is 1. The van der Waals surface area contributed by atoms with E-state index >= 15 is 0 Å². The van der Waals surface area contributed by atoms with Gasteiger partial charge in [-0.3, -0.25) is 9.59 Å². The molecule has 0 fully saturated rings. The molecule has 0 radical (unpaired) electrons. The van der Waals surface area contributed by atoms with Crippen LogP contribution in [0.5, 0.6) is 0 Å². The number of halogens is 1. The molecule has 0 saturated carbocycles. The summed E-state index contributed by atoms with van der Waals surface area (Å²) in [6.07, 6.45) is 0.244. The first-order chi connectivity index (χ1) is 11.0. The second kappa shape index (κ2) is 7.68. The minimum absolute atomic E-state index is 0.0489. The van der Waals surface area contributed by atoms with E-state index in [1.807, 2.05) is 32.0 Å². The minimum atomic E-state index is -0.348. The first kappa shape index (κ1) is 16.9. The van der Waals surface area contributed by atoms with Gasteiger partial charge >= 0.3 is 0 Å². The summed E-state index contributed by atoms with van der Waals surface area (Å²) in [6, 6.07) is 12.0. The topological polar surface area (TPSA) is 46.2 Å². The van der Waals surface area contributed by atoms with Crippen LogP contribution >= 0.6 is 0 Å². The summed E-state index contributed by atoms with van der Waals surface area (Å²) >= 11 is 0. The second-order valence-electron chi connectivity index (χ2n) is 5.61. The molecule has 120 valence electrons. The highest BCUT2D eigenvalue weighted by molar-refractivity contribution is 5.99. The SMILES string of the molecule is Cc1ccc(C)c(C(=O)CCC(=O)NCc2ccccc2F)c1. The van der Waals surface area contributed by atoms with Crippen LogP contribution in [0.15, 0.2) is 42.5 Å². The number of amides is 1. The van der Waals surface area contributed by atoms with Crippen LogP contribution in [0.3, 0.4) is 0 Å². The van der Waals surface area contributed by atoms with Crippen LogP contribution in [0, 0.1) is 19.7 Å². The van der Waals surface area contributed by atoms with Crippen molar-refractivity contribution in [3.63, 3.8) is 0 Å². The predicted octanol–water partition coefficient (Wildman–Crippen LogP) is 3.72. The van der Waals surface area contributed by atoms with E-state index in [4.69, 9.17) is 0 Å². The van der Waals surface area contributed by atoms with Crippen molar-refractivity contribution in [3.8, 4) is 0 Å². The quantitative estimate of drug-likeness (QED) is 0.826. The fraction of sp³-hybridized carbons (Fsp3) is 0.263. The molecular weight excluding hydrogens is 293 g/mol. The highest BCUT2D eigenvalue weighted by Gasteiger charge is 2.12. The number of benzene rings is 2. The van der Waals surface area contributed by atoms with Crippen molar-refractivity contribution in [2.45, 2.75) is 33.2 Å². The van der Waals surface area contributed by atoms with E-state index in [1.54, 1.807) is 18.2 Å². The van der Waals surface area contributed by atoms with Gasteiger partial charge in [0.2, 0.25) is 5.91 Å². The monoisotopic (exact) mass is 313 g/mol. The number of nitrogens with one attached hydrogen (secondary N) is 1. The van der Waals surface area contributed by atoms with E-state index in [9.17, 15) is 14.0 Å². The summed E-state index contributed by atoms with van der Waals surface area (Å²) in [7, 11) is 0. The summed E-state index contributed by atoms with van der Waals surface area (Å²) in [5.41, 5.74) is 3.02. The van der Waals surface area contributed by atoms with Gasteiger partial charge in [-0.15, -0.1) is 0 Å². The highest BCUT2D eigenvalue weighted by Crippen LogP contribution is 2.14.